The quantitative estimate of drug-likeness (QED) is 0.193. The van der Waals surface area contributed by atoms with E-state index in [0.29, 0.717) is 22.2 Å². The van der Waals surface area contributed by atoms with Gasteiger partial charge >= 0.3 is 5.97 Å². The number of rotatable bonds is 4. The minimum Gasteiger partial charge on any atom is -0.508 e. The Hall–Kier alpha value is -4.16. The summed E-state index contributed by atoms with van der Waals surface area (Å²) >= 11 is 3.59. The van der Waals surface area contributed by atoms with Gasteiger partial charge in [-0.3, -0.25) is 19.2 Å². The van der Waals surface area contributed by atoms with Crippen LogP contribution in [0.3, 0.4) is 0 Å². The third-order valence-electron chi connectivity index (χ3n) is 8.76. The first kappa shape index (κ1) is 36.7. The van der Waals surface area contributed by atoms with Crippen molar-refractivity contribution in [3.63, 3.8) is 0 Å². The highest BCUT2D eigenvalue weighted by atomic mass is 79.9. The van der Waals surface area contributed by atoms with E-state index in [4.69, 9.17) is 4.74 Å². The number of phenolic OH excluding ortho intramolecular Hbond substituents is 1. The molecule has 0 radical (unpaired) electrons. The monoisotopic (exact) mass is 724 g/mol. The first-order chi connectivity index (χ1) is 22.8. The minimum atomic E-state index is -1.05. The third-order valence-corrected chi connectivity index (χ3v) is 9.44. The van der Waals surface area contributed by atoms with Gasteiger partial charge in [-0.25, -0.2) is 0 Å². The molecule has 11 nitrogen and oxygen atoms in total. The number of para-hydroxylation sites is 1. The number of fused-ring (bicyclic) bond motifs is 1. The number of aliphatic hydroxyl groups excluding tert-OH is 1. The Labute approximate surface area is 289 Å². The van der Waals surface area contributed by atoms with E-state index in [1.165, 1.54) is 24.1 Å². The molecule has 1 aliphatic rings. The van der Waals surface area contributed by atoms with E-state index in [1.807, 2.05) is 37.3 Å². The van der Waals surface area contributed by atoms with Gasteiger partial charge in [0.2, 0.25) is 17.7 Å². The van der Waals surface area contributed by atoms with E-state index >= 15 is 0 Å². The standard InChI is InChI=1S/C36H45BrN4O7/c1-20-14-22(3)48-32(44)18-30(25-10-12-26(43)13-11-25)40-35(46)31(17-28-27-8-6-7-9-29(27)39-33(28)37)41(5)36(47)23(4)38-34(45)21(2)16-24(15-20)19-42/h6-13,15,20-23,30-31,39,42-43H,14,16-19H2,1-5H3,(H,38,45)(H,40,46)/b24-15-/t20-,21+,22+,23+,30-,31-/m1/s1. The molecule has 3 aromatic rings. The predicted molar refractivity (Wildman–Crippen MR) is 186 cm³/mol. The molecule has 0 saturated carbocycles. The van der Waals surface area contributed by atoms with Gasteiger partial charge in [-0.1, -0.05) is 50.3 Å². The number of H-pyrrole nitrogens is 1. The zero-order valence-electron chi connectivity index (χ0n) is 28.0. The van der Waals surface area contributed by atoms with Crippen molar-refractivity contribution in [3.8, 4) is 5.75 Å². The molecular weight excluding hydrogens is 680 g/mol. The number of halogens is 1. The average Bonchev–Trinajstić information content (AvgIpc) is 3.35. The smallest absolute Gasteiger partial charge is 0.308 e. The topological polar surface area (TPSA) is 161 Å². The van der Waals surface area contributed by atoms with Crippen molar-refractivity contribution < 1.29 is 34.1 Å². The maximum Gasteiger partial charge on any atom is 0.308 e. The number of aliphatic hydroxyl groups is 1. The molecule has 5 N–H and O–H groups in total. The Kier molecular flexibility index (Phi) is 12.4. The Morgan fingerprint density at radius 1 is 0.938 bits per heavy atom. The molecule has 0 aliphatic carbocycles. The number of hydrogen-bond donors (Lipinski definition) is 5. The lowest BCUT2D eigenvalue weighted by molar-refractivity contribution is -0.149. The SMILES string of the molecule is C[C@@H]1NC(=O)[C@@H](C)C/C(CO)=C/[C@H](C)C[C@H](C)OC(=O)C[C@H](c2ccc(O)cc2)NC(=O)[C@@H](Cc2c(Br)[nH]c3ccccc23)N(C)C1=O. The number of esters is 1. The minimum absolute atomic E-state index is 0.0272. The summed E-state index contributed by atoms with van der Waals surface area (Å²) in [5.41, 5.74) is 2.87. The Morgan fingerprint density at radius 2 is 1.62 bits per heavy atom. The molecule has 2 aromatic carbocycles. The first-order valence-corrected chi connectivity index (χ1v) is 17.0. The van der Waals surface area contributed by atoms with Crippen LogP contribution in [0.5, 0.6) is 5.75 Å². The van der Waals surface area contributed by atoms with Gasteiger partial charge in [0.25, 0.3) is 0 Å². The van der Waals surface area contributed by atoms with Crippen LogP contribution in [0.4, 0.5) is 0 Å². The number of cyclic esters (lactones) is 1. The summed E-state index contributed by atoms with van der Waals surface area (Å²) in [6.45, 7) is 6.79. The zero-order valence-corrected chi connectivity index (χ0v) is 29.5. The highest BCUT2D eigenvalue weighted by molar-refractivity contribution is 9.10. The predicted octanol–water partition coefficient (Wildman–Crippen LogP) is 4.67. The van der Waals surface area contributed by atoms with Crippen LogP contribution in [0.1, 0.15) is 64.1 Å². The van der Waals surface area contributed by atoms with E-state index in [9.17, 15) is 29.4 Å². The van der Waals surface area contributed by atoms with E-state index in [0.717, 1.165) is 16.5 Å². The molecule has 0 unspecified atom stereocenters. The Balaban J connectivity index is 1.75. The van der Waals surface area contributed by atoms with E-state index in [1.54, 1.807) is 32.9 Å². The number of allylic oxidation sites excluding steroid dienone is 1. The van der Waals surface area contributed by atoms with E-state index < -0.39 is 47.9 Å². The van der Waals surface area contributed by atoms with Crippen molar-refractivity contribution >= 4 is 50.5 Å². The van der Waals surface area contributed by atoms with Crippen molar-refractivity contribution in [2.24, 2.45) is 11.8 Å². The van der Waals surface area contributed by atoms with Gasteiger partial charge in [-0.05, 0) is 83.4 Å². The fourth-order valence-electron chi connectivity index (χ4n) is 6.22. The van der Waals surface area contributed by atoms with Crippen molar-refractivity contribution in [1.82, 2.24) is 20.5 Å². The second kappa shape index (κ2) is 16.3. The van der Waals surface area contributed by atoms with Gasteiger partial charge in [-0.15, -0.1) is 0 Å². The number of aromatic nitrogens is 1. The van der Waals surface area contributed by atoms with Crippen molar-refractivity contribution in [2.45, 2.75) is 77.6 Å². The van der Waals surface area contributed by atoms with E-state index in [2.05, 4.69) is 31.5 Å². The highest BCUT2D eigenvalue weighted by Gasteiger charge is 2.34. The second-order valence-corrected chi connectivity index (χ2v) is 13.6. The van der Waals surface area contributed by atoms with Crippen molar-refractivity contribution in [3.05, 3.63) is 75.9 Å². The van der Waals surface area contributed by atoms with Gasteiger partial charge in [0.1, 0.15) is 17.8 Å². The van der Waals surface area contributed by atoms with Crippen LogP contribution >= 0.6 is 15.9 Å². The van der Waals surface area contributed by atoms with Crippen LogP contribution in [-0.2, 0) is 30.3 Å². The van der Waals surface area contributed by atoms with Gasteiger partial charge < -0.3 is 35.5 Å². The van der Waals surface area contributed by atoms with Gasteiger partial charge in [0.05, 0.1) is 29.8 Å². The Morgan fingerprint density at radius 3 is 2.31 bits per heavy atom. The normalized spacial score (nSPS) is 26.8. The summed E-state index contributed by atoms with van der Waals surface area (Å²) in [7, 11) is 1.52. The molecule has 0 saturated heterocycles. The molecule has 0 fully saturated rings. The second-order valence-electron chi connectivity index (χ2n) is 12.8. The van der Waals surface area contributed by atoms with Crippen LogP contribution in [-0.4, -0.2) is 75.6 Å². The van der Waals surface area contributed by atoms with Gasteiger partial charge in [-0.2, -0.15) is 0 Å². The molecule has 0 bridgehead atoms. The molecule has 1 aromatic heterocycles. The molecular formula is C36H45BrN4O7. The number of benzene rings is 2. The number of aromatic amines is 1. The lowest BCUT2D eigenvalue weighted by Crippen LogP contribution is -2.55. The number of likely N-dealkylation sites (N-methyl/N-ethyl adjacent to an activating group) is 1. The molecule has 12 heteroatoms. The molecule has 0 spiro atoms. The number of hydrogen-bond acceptors (Lipinski definition) is 7. The molecule has 48 heavy (non-hydrogen) atoms. The summed E-state index contributed by atoms with van der Waals surface area (Å²) in [5, 5.41) is 26.6. The number of aromatic hydroxyl groups is 1. The summed E-state index contributed by atoms with van der Waals surface area (Å²) in [4.78, 5) is 59.2. The van der Waals surface area contributed by atoms with Crippen LogP contribution in [0.15, 0.2) is 64.8 Å². The number of carbonyl (C=O) groups excluding carboxylic acids is 4. The van der Waals surface area contributed by atoms with Crippen LogP contribution in [0.2, 0.25) is 0 Å². The zero-order chi connectivity index (χ0) is 35.1. The fraction of sp³-hybridized carbons (Fsp3) is 0.444. The summed E-state index contributed by atoms with van der Waals surface area (Å²) in [5.74, 6) is -2.47. The molecule has 3 amide bonds. The largest absolute Gasteiger partial charge is 0.508 e. The summed E-state index contributed by atoms with van der Waals surface area (Å²) < 4.78 is 6.43. The van der Waals surface area contributed by atoms with Gasteiger partial charge in [0, 0.05) is 30.3 Å². The van der Waals surface area contributed by atoms with E-state index in [-0.39, 0.29) is 43.4 Å². The maximum atomic E-state index is 14.3. The molecule has 258 valence electrons. The van der Waals surface area contributed by atoms with Crippen LogP contribution in [0, 0.1) is 11.8 Å². The number of phenols is 1. The highest BCUT2D eigenvalue weighted by Crippen LogP contribution is 2.29. The molecule has 2 heterocycles. The number of carbonyl (C=O) groups is 4. The van der Waals surface area contributed by atoms with Crippen LogP contribution < -0.4 is 10.6 Å². The van der Waals surface area contributed by atoms with Crippen molar-refractivity contribution in [1.29, 1.82) is 0 Å². The van der Waals surface area contributed by atoms with Crippen LogP contribution in [0.25, 0.3) is 10.9 Å². The number of ether oxygens (including phenoxy) is 1. The lowest BCUT2D eigenvalue weighted by Gasteiger charge is -2.31. The third kappa shape index (κ3) is 9.25. The lowest BCUT2D eigenvalue weighted by atomic mass is 9.95. The summed E-state index contributed by atoms with van der Waals surface area (Å²) in [6, 6.07) is 10.9. The molecule has 4 rings (SSSR count). The Bertz CT molecular complexity index is 1650. The molecule has 6 atom stereocenters. The van der Waals surface area contributed by atoms with Gasteiger partial charge in [0.15, 0.2) is 0 Å². The number of nitrogens with one attached hydrogen (secondary N) is 3. The molecule has 1 aliphatic heterocycles. The maximum absolute atomic E-state index is 14.3. The number of amides is 3. The average molecular weight is 726 g/mol. The summed E-state index contributed by atoms with van der Waals surface area (Å²) in [6.07, 6.45) is 2.09. The van der Waals surface area contributed by atoms with Crippen molar-refractivity contribution in [2.75, 3.05) is 13.7 Å². The number of nitrogens with zero attached hydrogens (tertiary/aromatic N) is 1. The first-order valence-electron chi connectivity index (χ1n) is 16.2. The fourth-order valence-corrected chi connectivity index (χ4v) is 6.81.